The van der Waals surface area contributed by atoms with Crippen molar-refractivity contribution in [3.05, 3.63) is 28.2 Å². The Hall–Kier alpha value is -1.05. The average Bonchev–Trinajstić information content (AvgIpc) is 2.01. The number of hydrogen-bond donors (Lipinski definition) is 3. The molecule has 0 radical (unpaired) electrons. The first-order valence-corrected chi connectivity index (χ1v) is 4.35. The first-order chi connectivity index (χ1) is 6.49. The Kier molecular flexibility index (Phi) is 3.51. The van der Waals surface area contributed by atoms with Gasteiger partial charge in [0, 0.05) is 4.47 Å². The van der Waals surface area contributed by atoms with Crippen LogP contribution in [0, 0.1) is 0 Å². The van der Waals surface area contributed by atoms with Crippen molar-refractivity contribution in [2.45, 2.75) is 0 Å². The van der Waals surface area contributed by atoms with Gasteiger partial charge in [-0.3, -0.25) is 0 Å². The predicted molar refractivity (Wildman–Crippen MR) is 51.9 cm³/mol. The number of benzene rings is 1. The summed E-state index contributed by atoms with van der Waals surface area (Å²) in [7, 11) is -1.97. The number of halogens is 1. The molecule has 0 saturated carbocycles. The number of rotatable bonds is 3. The van der Waals surface area contributed by atoms with E-state index in [0.717, 1.165) is 0 Å². The van der Waals surface area contributed by atoms with Crippen LogP contribution >= 0.6 is 15.9 Å². The minimum Gasteiger partial charge on any atom is -0.512 e. The van der Waals surface area contributed by atoms with Crippen LogP contribution < -0.4 is 4.65 Å². The molecule has 5 nitrogen and oxygen atoms in total. The van der Waals surface area contributed by atoms with E-state index in [2.05, 4.69) is 20.6 Å². The molecule has 0 fully saturated rings. The Morgan fingerprint density at radius 1 is 1.36 bits per heavy atom. The molecule has 0 heterocycles. The van der Waals surface area contributed by atoms with Crippen LogP contribution in [-0.2, 0) is 0 Å². The number of carboxylic acid groups (broad SMARTS) is 1. The fourth-order valence-corrected chi connectivity index (χ4v) is 1.35. The Bertz CT molecular complexity index is 354. The molecular weight excluding hydrogens is 255 g/mol. The van der Waals surface area contributed by atoms with Gasteiger partial charge in [0.1, 0.15) is 5.75 Å². The Morgan fingerprint density at radius 2 is 2.00 bits per heavy atom. The largest absolute Gasteiger partial charge is 0.707 e. The molecule has 14 heavy (non-hydrogen) atoms. The third kappa shape index (κ3) is 3.02. The molecule has 0 spiro atoms. The van der Waals surface area contributed by atoms with Gasteiger partial charge in [-0.05, 0) is 18.2 Å². The summed E-state index contributed by atoms with van der Waals surface area (Å²) in [6.07, 6.45) is 0. The summed E-state index contributed by atoms with van der Waals surface area (Å²) in [6.45, 7) is 0. The van der Waals surface area contributed by atoms with Gasteiger partial charge in [0.15, 0.2) is 0 Å². The normalized spacial score (nSPS) is 9.64. The van der Waals surface area contributed by atoms with Crippen LogP contribution in [0.5, 0.6) is 5.75 Å². The summed E-state index contributed by atoms with van der Waals surface area (Å²) in [5.74, 6) is -1.06. The van der Waals surface area contributed by atoms with Crippen LogP contribution in [0.4, 0.5) is 0 Å². The van der Waals surface area contributed by atoms with Crippen molar-refractivity contribution in [1.29, 1.82) is 0 Å². The van der Waals surface area contributed by atoms with E-state index < -0.39 is 13.3 Å². The fraction of sp³-hybridized carbons (Fsp3) is 0. The van der Waals surface area contributed by atoms with Crippen molar-refractivity contribution < 1.29 is 24.6 Å². The van der Waals surface area contributed by atoms with Gasteiger partial charge in [-0.15, -0.1) is 0 Å². The van der Waals surface area contributed by atoms with Crippen LogP contribution in [0.2, 0.25) is 0 Å². The highest BCUT2D eigenvalue weighted by molar-refractivity contribution is 9.10. The Labute approximate surface area is 88.2 Å². The molecule has 0 amide bonds. The van der Waals surface area contributed by atoms with E-state index in [4.69, 9.17) is 15.2 Å². The lowest BCUT2D eigenvalue weighted by Crippen LogP contribution is -2.20. The van der Waals surface area contributed by atoms with E-state index in [-0.39, 0.29) is 11.3 Å². The number of carbonyl (C=O) groups is 1. The summed E-state index contributed by atoms with van der Waals surface area (Å²) in [4.78, 5) is 10.6. The highest BCUT2D eigenvalue weighted by atomic mass is 79.9. The van der Waals surface area contributed by atoms with Crippen LogP contribution in [0.1, 0.15) is 10.4 Å². The van der Waals surface area contributed by atoms with Crippen molar-refractivity contribution in [2.24, 2.45) is 0 Å². The first-order valence-electron chi connectivity index (χ1n) is 3.55. The smallest absolute Gasteiger partial charge is 0.512 e. The Balaban J connectivity index is 3.01. The zero-order chi connectivity index (χ0) is 10.7. The second-order valence-corrected chi connectivity index (χ2v) is 3.34. The minimum atomic E-state index is -1.97. The third-order valence-corrected chi connectivity index (χ3v) is 1.82. The Morgan fingerprint density at radius 3 is 2.50 bits per heavy atom. The lowest BCUT2D eigenvalue weighted by molar-refractivity contribution is 0.0696. The maximum Gasteiger partial charge on any atom is 0.707 e. The zero-order valence-corrected chi connectivity index (χ0v) is 8.43. The molecule has 0 bridgehead atoms. The topological polar surface area (TPSA) is 87.0 Å². The molecule has 1 aromatic carbocycles. The lowest BCUT2D eigenvalue weighted by atomic mass is 10.2. The van der Waals surface area contributed by atoms with E-state index in [0.29, 0.717) is 4.47 Å². The maximum absolute atomic E-state index is 10.6. The van der Waals surface area contributed by atoms with Gasteiger partial charge in [-0.2, -0.15) is 0 Å². The summed E-state index contributed by atoms with van der Waals surface area (Å²) >= 11 is 3.06. The van der Waals surface area contributed by atoms with Gasteiger partial charge >= 0.3 is 13.3 Å². The molecule has 1 rings (SSSR count). The van der Waals surface area contributed by atoms with Gasteiger partial charge in [0.05, 0.1) is 5.56 Å². The van der Waals surface area contributed by atoms with E-state index in [9.17, 15) is 4.79 Å². The monoisotopic (exact) mass is 260 g/mol. The second kappa shape index (κ2) is 4.45. The molecule has 7 heteroatoms. The molecule has 0 aliphatic rings. The second-order valence-electron chi connectivity index (χ2n) is 2.42. The molecule has 3 N–H and O–H groups in total. The molecule has 1 aromatic rings. The summed E-state index contributed by atoms with van der Waals surface area (Å²) < 4.78 is 4.98. The fourth-order valence-electron chi connectivity index (χ4n) is 0.876. The summed E-state index contributed by atoms with van der Waals surface area (Å²) in [5, 5.41) is 25.7. The summed E-state index contributed by atoms with van der Waals surface area (Å²) in [5.41, 5.74) is -0.00461. The number of hydrogen-bond acceptors (Lipinski definition) is 4. The summed E-state index contributed by atoms with van der Waals surface area (Å²) in [6, 6.07) is 3.98. The van der Waals surface area contributed by atoms with E-state index >= 15 is 0 Å². The molecule has 0 aliphatic heterocycles. The van der Waals surface area contributed by atoms with Crippen molar-refractivity contribution >= 4 is 29.2 Å². The van der Waals surface area contributed by atoms with Gasteiger partial charge < -0.3 is 19.8 Å². The van der Waals surface area contributed by atoms with Crippen molar-refractivity contribution in [3.8, 4) is 5.75 Å². The minimum absolute atomic E-state index is 0.00461. The first kappa shape index (κ1) is 11.0. The van der Waals surface area contributed by atoms with E-state index in [1.54, 1.807) is 0 Å². The zero-order valence-electron chi connectivity index (χ0n) is 6.85. The average molecular weight is 261 g/mol. The van der Waals surface area contributed by atoms with Crippen LogP contribution in [0.3, 0.4) is 0 Å². The number of aromatic carboxylic acids is 1. The third-order valence-electron chi connectivity index (χ3n) is 1.36. The van der Waals surface area contributed by atoms with Crippen LogP contribution in [0.25, 0.3) is 0 Å². The van der Waals surface area contributed by atoms with Gasteiger partial charge in [0.25, 0.3) is 0 Å². The van der Waals surface area contributed by atoms with E-state index in [1.807, 2.05) is 0 Å². The van der Waals surface area contributed by atoms with Crippen LogP contribution in [0.15, 0.2) is 22.7 Å². The quantitative estimate of drug-likeness (QED) is 0.689. The lowest BCUT2D eigenvalue weighted by Gasteiger charge is -2.05. The van der Waals surface area contributed by atoms with Crippen LogP contribution in [-0.4, -0.2) is 28.4 Å². The molecule has 0 saturated heterocycles. The molecule has 0 aliphatic carbocycles. The van der Waals surface area contributed by atoms with Gasteiger partial charge in [-0.25, -0.2) is 4.79 Å². The van der Waals surface area contributed by atoms with Crippen molar-refractivity contribution in [3.63, 3.8) is 0 Å². The molecular formula is C7H6BBrO5. The molecule has 0 atom stereocenters. The van der Waals surface area contributed by atoms with E-state index in [1.165, 1.54) is 18.2 Å². The highest BCUT2D eigenvalue weighted by Gasteiger charge is 2.13. The maximum atomic E-state index is 10.6. The predicted octanol–water partition coefficient (Wildman–Crippen LogP) is 0.496. The number of carboxylic acids is 1. The molecule has 74 valence electrons. The standard InChI is InChI=1S/C7H6BBrO5/c9-5-1-4(7(10)11)2-6(3-5)14-8(12)13/h1-3,12-13H,(H,10,11). The molecule has 0 aromatic heterocycles. The highest BCUT2D eigenvalue weighted by Crippen LogP contribution is 2.21. The van der Waals surface area contributed by atoms with Crippen molar-refractivity contribution in [2.75, 3.05) is 0 Å². The van der Waals surface area contributed by atoms with Crippen molar-refractivity contribution in [1.82, 2.24) is 0 Å². The SMILES string of the molecule is O=C(O)c1cc(Br)cc(OB(O)O)c1. The van der Waals surface area contributed by atoms with Gasteiger partial charge in [-0.1, -0.05) is 15.9 Å². The van der Waals surface area contributed by atoms with Gasteiger partial charge in [0.2, 0.25) is 0 Å². The molecule has 0 unspecified atom stereocenters.